The molecule has 2 aliphatic rings. The largest absolute Gasteiger partial charge is 0.382 e. The van der Waals surface area contributed by atoms with E-state index in [0.29, 0.717) is 25.0 Å². The van der Waals surface area contributed by atoms with Crippen LogP contribution < -0.4 is 5.32 Å². The van der Waals surface area contributed by atoms with Gasteiger partial charge in [-0.25, -0.2) is 0 Å². The molecule has 160 valence electrons. The zero-order valence-corrected chi connectivity index (χ0v) is 20.0. The van der Waals surface area contributed by atoms with Crippen LogP contribution in [0.1, 0.15) is 39.5 Å². The Bertz CT molecular complexity index is 405. The Morgan fingerprint density at radius 1 is 1.19 bits per heavy atom. The summed E-state index contributed by atoms with van der Waals surface area (Å²) in [6.07, 6.45) is 5.31. The molecule has 2 aliphatic heterocycles. The third kappa shape index (κ3) is 9.76. The van der Waals surface area contributed by atoms with Gasteiger partial charge in [-0.3, -0.25) is 4.99 Å². The molecule has 0 aromatic rings. The molecule has 2 heterocycles. The van der Waals surface area contributed by atoms with Gasteiger partial charge in [-0.15, -0.1) is 24.0 Å². The lowest BCUT2D eigenvalue weighted by Gasteiger charge is -2.29. The molecule has 0 saturated carbocycles. The van der Waals surface area contributed by atoms with E-state index in [1.165, 1.54) is 45.3 Å². The minimum atomic E-state index is 0. The maximum Gasteiger partial charge on any atom is 0.193 e. The summed E-state index contributed by atoms with van der Waals surface area (Å²) in [5.41, 5.74) is 0. The number of likely N-dealkylation sites (tertiary alicyclic amines) is 2. The second-order valence-corrected chi connectivity index (χ2v) is 7.83. The van der Waals surface area contributed by atoms with Gasteiger partial charge >= 0.3 is 0 Å². The van der Waals surface area contributed by atoms with E-state index in [9.17, 15) is 0 Å². The molecule has 0 spiro atoms. The molecule has 27 heavy (non-hydrogen) atoms. The third-order valence-electron chi connectivity index (χ3n) is 5.28. The number of ether oxygens (including phenoxy) is 2. The predicted octanol–water partition coefficient (Wildman–Crippen LogP) is 2.68. The minimum absolute atomic E-state index is 0. The summed E-state index contributed by atoms with van der Waals surface area (Å²) in [6.45, 7) is 14.3. The van der Waals surface area contributed by atoms with E-state index >= 15 is 0 Å². The van der Waals surface area contributed by atoms with Crippen LogP contribution >= 0.6 is 24.0 Å². The first kappa shape index (κ1) is 24.9. The lowest BCUT2D eigenvalue weighted by atomic mass is 10.1. The van der Waals surface area contributed by atoms with Crippen LogP contribution in [0.3, 0.4) is 0 Å². The molecular formula is C20H41IN4O2. The molecule has 0 bridgehead atoms. The van der Waals surface area contributed by atoms with Crippen LogP contribution in [0.4, 0.5) is 0 Å². The Morgan fingerprint density at radius 2 is 1.96 bits per heavy atom. The first-order valence-corrected chi connectivity index (χ1v) is 10.5. The van der Waals surface area contributed by atoms with Crippen LogP contribution in [0, 0.1) is 11.8 Å². The number of piperidine rings is 1. The van der Waals surface area contributed by atoms with Gasteiger partial charge in [0.25, 0.3) is 0 Å². The van der Waals surface area contributed by atoms with E-state index in [1.54, 1.807) is 7.11 Å². The van der Waals surface area contributed by atoms with Crippen molar-refractivity contribution in [2.45, 2.75) is 39.5 Å². The van der Waals surface area contributed by atoms with Gasteiger partial charge in [-0.1, -0.05) is 13.3 Å². The van der Waals surface area contributed by atoms with Crippen LogP contribution in [-0.4, -0.2) is 88.5 Å². The van der Waals surface area contributed by atoms with Gasteiger partial charge in [0.05, 0.1) is 19.8 Å². The third-order valence-corrected chi connectivity index (χ3v) is 5.28. The summed E-state index contributed by atoms with van der Waals surface area (Å²) in [5.74, 6) is 2.29. The van der Waals surface area contributed by atoms with E-state index in [4.69, 9.17) is 14.5 Å². The Hall–Kier alpha value is -0.120. The quantitative estimate of drug-likeness (QED) is 0.218. The number of aliphatic imine (C=N–C) groups is 1. The average molecular weight is 496 g/mol. The minimum Gasteiger partial charge on any atom is -0.382 e. The van der Waals surface area contributed by atoms with Crippen LogP contribution in [0.5, 0.6) is 0 Å². The van der Waals surface area contributed by atoms with Gasteiger partial charge in [0.15, 0.2) is 5.96 Å². The van der Waals surface area contributed by atoms with Crippen molar-refractivity contribution in [1.29, 1.82) is 0 Å². The molecule has 0 aromatic carbocycles. The highest BCUT2D eigenvalue weighted by Gasteiger charge is 2.25. The molecule has 2 atom stereocenters. The molecule has 7 heteroatoms. The van der Waals surface area contributed by atoms with Crippen molar-refractivity contribution >= 4 is 29.9 Å². The number of hydrogen-bond acceptors (Lipinski definition) is 4. The molecule has 2 unspecified atom stereocenters. The number of hydrogen-bond donors (Lipinski definition) is 1. The first-order valence-electron chi connectivity index (χ1n) is 10.5. The summed E-state index contributed by atoms with van der Waals surface area (Å²) in [5, 5.41) is 3.48. The van der Waals surface area contributed by atoms with Gasteiger partial charge in [0, 0.05) is 45.8 Å². The Labute approximate surface area is 183 Å². The molecule has 2 fully saturated rings. The fourth-order valence-corrected chi connectivity index (χ4v) is 3.86. The fourth-order valence-electron chi connectivity index (χ4n) is 3.86. The molecule has 0 aromatic heterocycles. The van der Waals surface area contributed by atoms with Gasteiger partial charge in [0.1, 0.15) is 0 Å². The Morgan fingerprint density at radius 3 is 2.67 bits per heavy atom. The monoisotopic (exact) mass is 496 g/mol. The van der Waals surface area contributed by atoms with Crippen molar-refractivity contribution in [3.63, 3.8) is 0 Å². The summed E-state index contributed by atoms with van der Waals surface area (Å²) in [7, 11) is 1.71. The molecule has 2 saturated heterocycles. The zero-order chi connectivity index (χ0) is 18.6. The average Bonchev–Trinajstić information content (AvgIpc) is 3.12. The molecule has 2 rings (SSSR count). The summed E-state index contributed by atoms with van der Waals surface area (Å²) >= 11 is 0. The lowest BCUT2D eigenvalue weighted by Crippen LogP contribution is -2.41. The number of halogens is 1. The number of nitrogens with zero attached hydrogens (tertiary/aromatic N) is 3. The first-order chi connectivity index (χ1) is 12.7. The number of methoxy groups -OCH3 is 1. The van der Waals surface area contributed by atoms with Crippen molar-refractivity contribution in [2.24, 2.45) is 16.8 Å². The maximum absolute atomic E-state index is 5.71. The highest BCUT2D eigenvalue weighted by atomic mass is 127. The molecule has 6 nitrogen and oxygen atoms in total. The summed E-state index contributed by atoms with van der Waals surface area (Å²) < 4.78 is 10.7. The molecule has 1 N–H and O–H groups in total. The molecule has 0 aliphatic carbocycles. The molecule has 0 radical (unpaired) electrons. The fraction of sp³-hybridized carbons (Fsp3) is 0.950. The summed E-state index contributed by atoms with van der Waals surface area (Å²) in [4.78, 5) is 9.96. The van der Waals surface area contributed by atoms with Crippen molar-refractivity contribution in [2.75, 3.05) is 72.7 Å². The second kappa shape index (κ2) is 14.8. The van der Waals surface area contributed by atoms with Crippen molar-refractivity contribution in [3.8, 4) is 0 Å². The maximum atomic E-state index is 5.71. The van der Waals surface area contributed by atoms with Crippen LogP contribution in [-0.2, 0) is 9.47 Å². The van der Waals surface area contributed by atoms with E-state index in [0.717, 1.165) is 38.7 Å². The van der Waals surface area contributed by atoms with Crippen LogP contribution in [0.15, 0.2) is 4.99 Å². The molecular weight excluding hydrogens is 455 g/mol. The SMILES string of the molecule is CCNC(=NCC(C)CN1CCCCC1)N1CCC(COCCOC)C1.I. The van der Waals surface area contributed by atoms with Crippen LogP contribution in [0.25, 0.3) is 0 Å². The smallest absolute Gasteiger partial charge is 0.193 e. The standard InChI is InChI=1S/C20H40N4O2.HI/c1-4-21-20(22-14-18(2)15-23-9-6-5-7-10-23)24-11-8-19(16-24)17-26-13-12-25-3;/h18-19H,4-17H2,1-3H3,(H,21,22);1H. The van der Waals surface area contributed by atoms with Crippen LogP contribution in [0.2, 0.25) is 0 Å². The Kier molecular flexibility index (Phi) is 13.7. The summed E-state index contributed by atoms with van der Waals surface area (Å²) in [6, 6.07) is 0. The highest BCUT2D eigenvalue weighted by molar-refractivity contribution is 14.0. The molecule has 0 amide bonds. The second-order valence-electron chi connectivity index (χ2n) is 7.83. The lowest BCUT2D eigenvalue weighted by molar-refractivity contribution is 0.0536. The topological polar surface area (TPSA) is 49.3 Å². The zero-order valence-electron chi connectivity index (χ0n) is 17.6. The van der Waals surface area contributed by atoms with Crippen molar-refractivity contribution in [1.82, 2.24) is 15.1 Å². The van der Waals surface area contributed by atoms with E-state index < -0.39 is 0 Å². The van der Waals surface area contributed by atoms with Crippen molar-refractivity contribution < 1.29 is 9.47 Å². The van der Waals surface area contributed by atoms with E-state index in [-0.39, 0.29) is 24.0 Å². The number of guanidine groups is 1. The van der Waals surface area contributed by atoms with Gasteiger partial charge < -0.3 is 24.6 Å². The normalized spacial score (nSPS) is 22.6. The van der Waals surface area contributed by atoms with Gasteiger partial charge in [0.2, 0.25) is 0 Å². The predicted molar refractivity (Wildman–Crippen MR) is 123 cm³/mol. The van der Waals surface area contributed by atoms with Gasteiger partial charge in [-0.2, -0.15) is 0 Å². The highest BCUT2D eigenvalue weighted by Crippen LogP contribution is 2.17. The number of nitrogens with one attached hydrogen (secondary N) is 1. The van der Waals surface area contributed by atoms with E-state index in [1.807, 2.05) is 0 Å². The number of rotatable bonds is 10. The Balaban J connectivity index is 0.00000364. The van der Waals surface area contributed by atoms with Crippen molar-refractivity contribution in [3.05, 3.63) is 0 Å². The van der Waals surface area contributed by atoms with Gasteiger partial charge in [-0.05, 0) is 45.2 Å². The van der Waals surface area contributed by atoms with E-state index in [2.05, 4.69) is 29.0 Å².